The van der Waals surface area contributed by atoms with Crippen LogP contribution >= 0.6 is 27.7 Å². The summed E-state index contributed by atoms with van der Waals surface area (Å²) in [6, 6.07) is 23.3. The molecule has 2 aliphatic rings. The van der Waals surface area contributed by atoms with E-state index < -0.39 is 0 Å². The highest BCUT2D eigenvalue weighted by Gasteiger charge is 2.44. The van der Waals surface area contributed by atoms with Crippen LogP contribution in [-0.4, -0.2) is 37.8 Å². The standard InChI is InChI=1S/C33H29BrN4O3S/c1-41-25-10-7-9-24(18-25)37-30(40)28-29(26-11-4-3-8-22(26)19-33(28)16-5-2-6-17-33)38-31(37)35-36-32(38)42-20-27(39)21-12-14-23(34)15-13-21/h3-4,7-15,18H,2,5-6,16-17,19-20H2,1H3. The van der Waals surface area contributed by atoms with E-state index in [0.717, 1.165) is 53.4 Å². The van der Waals surface area contributed by atoms with Crippen molar-refractivity contribution in [2.45, 2.75) is 49.1 Å². The number of hydrogen-bond acceptors (Lipinski definition) is 6. The number of aromatic nitrogens is 4. The number of thioether (sulfide) groups is 1. The lowest BCUT2D eigenvalue weighted by atomic mass is 9.62. The minimum Gasteiger partial charge on any atom is -0.497 e. The van der Waals surface area contributed by atoms with Gasteiger partial charge in [0.25, 0.3) is 5.56 Å². The van der Waals surface area contributed by atoms with E-state index in [1.54, 1.807) is 11.7 Å². The van der Waals surface area contributed by atoms with Gasteiger partial charge in [-0.3, -0.25) is 14.0 Å². The number of benzene rings is 3. The van der Waals surface area contributed by atoms with Crippen molar-refractivity contribution in [1.29, 1.82) is 0 Å². The molecule has 1 fully saturated rings. The second-order valence-electron chi connectivity index (χ2n) is 11.1. The number of hydrogen-bond donors (Lipinski definition) is 0. The van der Waals surface area contributed by atoms with E-state index in [-0.39, 0.29) is 22.5 Å². The van der Waals surface area contributed by atoms with Gasteiger partial charge in [-0.05, 0) is 49.1 Å². The Hall–Kier alpha value is -3.69. The molecule has 42 heavy (non-hydrogen) atoms. The molecule has 0 saturated heterocycles. The lowest BCUT2D eigenvalue weighted by Gasteiger charge is -2.42. The minimum absolute atomic E-state index is 0.00314. The van der Waals surface area contributed by atoms with Gasteiger partial charge in [0.2, 0.25) is 5.78 Å². The smallest absolute Gasteiger partial charge is 0.263 e. The van der Waals surface area contributed by atoms with Gasteiger partial charge < -0.3 is 4.74 Å². The molecule has 0 unspecified atom stereocenters. The predicted octanol–water partition coefficient (Wildman–Crippen LogP) is 7.05. The molecule has 1 saturated carbocycles. The fraction of sp³-hybridized carbons (Fsp3) is 0.273. The number of ether oxygens (including phenoxy) is 1. The Balaban J connectivity index is 1.48. The number of carbonyl (C=O) groups excluding carboxylic acids is 1. The third-order valence-electron chi connectivity index (χ3n) is 8.65. The minimum atomic E-state index is -0.271. The first-order valence-corrected chi connectivity index (χ1v) is 16.0. The molecule has 5 aromatic rings. The first kappa shape index (κ1) is 27.2. The van der Waals surface area contributed by atoms with Gasteiger partial charge in [0.1, 0.15) is 5.75 Å². The van der Waals surface area contributed by atoms with Gasteiger partial charge in [-0.1, -0.05) is 89.4 Å². The molecule has 2 aromatic heterocycles. The summed E-state index contributed by atoms with van der Waals surface area (Å²) in [6.45, 7) is 0. The fourth-order valence-corrected chi connectivity index (χ4v) is 7.78. The molecule has 0 N–H and O–H groups in total. The maximum absolute atomic E-state index is 14.8. The van der Waals surface area contributed by atoms with Crippen molar-refractivity contribution in [1.82, 2.24) is 19.2 Å². The number of Topliss-reactive ketones (excluding diaryl/α,β-unsaturated/α-hetero) is 1. The summed E-state index contributed by atoms with van der Waals surface area (Å²) >= 11 is 4.79. The lowest BCUT2D eigenvalue weighted by Crippen LogP contribution is -2.43. The maximum Gasteiger partial charge on any atom is 0.263 e. The molecule has 3 aromatic carbocycles. The summed E-state index contributed by atoms with van der Waals surface area (Å²) in [5, 5.41) is 9.76. The Labute approximate surface area is 256 Å². The van der Waals surface area contributed by atoms with Gasteiger partial charge in [-0.2, -0.15) is 0 Å². The van der Waals surface area contributed by atoms with E-state index in [9.17, 15) is 9.59 Å². The van der Waals surface area contributed by atoms with Crippen LogP contribution in [0.15, 0.2) is 87.2 Å². The Morgan fingerprint density at radius 2 is 1.79 bits per heavy atom. The maximum atomic E-state index is 14.8. The Morgan fingerprint density at radius 1 is 1.00 bits per heavy atom. The summed E-state index contributed by atoms with van der Waals surface area (Å²) < 4.78 is 10.1. The average Bonchev–Trinajstić information content (AvgIpc) is 3.44. The lowest BCUT2D eigenvalue weighted by molar-refractivity contribution is 0.102. The topological polar surface area (TPSA) is 78.5 Å². The van der Waals surface area contributed by atoms with Crippen molar-refractivity contribution in [2.75, 3.05) is 12.9 Å². The first-order valence-electron chi connectivity index (χ1n) is 14.2. The summed E-state index contributed by atoms with van der Waals surface area (Å²) in [7, 11) is 1.62. The fourth-order valence-electron chi connectivity index (χ4n) is 6.69. The van der Waals surface area contributed by atoms with E-state index in [1.165, 1.54) is 23.7 Å². The highest BCUT2D eigenvalue weighted by Crippen LogP contribution is 2.49. The molecule has 0 aliphatic heterocycles. The SMILES string of the molecule is COc1cccc(-n2c(=O)c3c(n4c(SCC(=O)c5ccc(Br)cc5)nnc24)-c2ccccc2CC32CCCCC2)c1. The first-order chi connectivity index (χ1) is 20.5. The average molecular weight is 642 g/mol. The number of fused-ring (bicyclic) bond motifs is 6. The summed E-state index contributed by atoms with van der Waals surface area (Å²) in [5.74, 6) is 1.28. The van der Waals surface area contributed by atoms with Crippen LogP contribution in [-0.2, 0) is 11.8 Å². The molecule has 0 atom stereocenters. The number of rotatable bonds is 6. The van der Waals surface area contributed by atoms with Crippen LogP contribution in [0.5, 0.6) is 5.75 Å². The number of carbonyl (C=O) groups is 1. The van der Waals surface area contributed by atoms with E-state index in [4.69, 9.17) is 4.74 Å². The van der Waals surface area contributed by atoms with Crippen molar-refractivity contribution in [3.05, 3.63) is 104 Å². The molecule has 7 rings (SSSR count). The van der Waals surface area contributed by atoms with Crippen LogP contribution in [0.25, 0.3) is 22.7 Å². The van der Waals surface area contributed by atoms with Crippen LogP contribution in [0.1, 0.15) is 53.6 Å². The van der Waals surface area contributed by atoms with Gasteiger partial charge in [0.05, 0.1) is 24.2 Å². The third kappa shape index (κ3) is 4.50. The molecular formula is C33H29BrN4O3S. The van der Waals surface area contributed by atoms with E-state index in [0.29, 0.717) is 27.9 Å². The molecule has 0 amide bonds. The monoisotopic (exact) mass is 640 g/mol. The molecular weight excluding hydrogens is 612 g/mol. The molecule has 9 heteroatoms. The van der Waals surface area contributed by atoms with Gasteiger partial charge in [-0.15, -0.1) is 10.2 Å². The quantitative estimate of drug-likeness (QED) is 0.146. The normalized spacial score (nSPS) is 15.4. The van der Waals surface area contributed by atoms with E-state index in [2.05, 4.69) is 44.3 Å². The third-order valence-corrected chi connectivity index (χ3v) is 10.1. The Bertz CT molecular complexity index is 1890. The number of halogens is 1. The molecule has 2 aliphatic carbocycles. The number of methoxy groups -OCH3 is 1. The molecule has 0 radical (unpaired) electrons. The van der Waals surface area contributed by atoms with Gasteiger partial charge in [0, 0.05) is 32.6 Å². The zero-order valence-corrected chi connectivity index (χ0v) is 25.6. The summed E-state index contributed by atoms with van der Waals surface area (Å²) in [6.07, 6.45) is 6.10. The van der Waals surface area contributed by atoms with Crippen LogP contribution in [0.2, 0.25) is 0 Å². The predicted molar refractivity (Wildman–Crippen MR) is 168 cm³/mol. The van der Waals surface area contributed by atoms with Crippen LogP contribution in [0, 0.1) is 0 Å². The Morgan fingerprint density at radius 3 is 2.57 bits per heavy atom. The van der Waals surface area contributed by atoms with Gasteiger partial charge in [-0.25, -0.2) is 4.57 Å². The largest absolute Gasteiger partial charge is 0.497 e. The molecule has 1 spiro atoms. The van der Waals surface area contributed by atoms with Gasteiger partial charge >= 0.3 is 0 Å². The van der Waals surface area contributed by atoms with Gasteiger partial charge in [0.15, 0.2) is 10.9 Å². The highest BCUT2D eigenvalue weighted by molar-refractivity contribution is 9.10. The molecule has 0 bridgehead atoms. The van der Waals surface area contributed by atoms with Crippen molar-refractivity contribution >= 4 is 39.3 Å². The second-order valence-corrected chi connectivity index (χ2v) is 12.9. The summed E-state index contributed by atoms with van der Waals surface area (Å²) in [5.41, 5.74) is 4.95. The number of nitrogens with zero attached hydrogens (tertiary/aromatic N) is 4. The summed E-state index contributed by atoms with van der Waals surface area (Å²) in [4.78, 5) is 27.9. The van der Waals surface area contributed by atoms with Crippen LogP contribution < -0.4 is 10.3 Å². The molecule has 7 nitrogen and oxygen atoms in total. The number of ketones is 1. The molecule has 2 heterocycles. The van der Waals surface area contributed by atoms with Crippen LogP contribution in [0.3, 0.4) is 0 Å². The van der Waals surface area contributed by atoms with Crippen LogP contribution in [0.4, 0.5) is 0 Å². The van der Waals surface area contributed by atoms with Crippen molar-refractivity contribution in [3.63, 3.8) is 0 Å². The van der Waals surface area contributed by atoms with Crippen molar-refractivity contribution in [2.24, 2.45) is 0 Å². The Kier molecular flexibility index (Phi) is 7.02. The second kappa shape index (κ2) is 10.9. The molecule has 212 valence electrons. The highest BCUT2D eigenvalue weighted by atomic mass is 79.9. The van der Waals surface area contributed by atoms with E-state index >= 15 is 0 Å². The van der Waals surface area contributed by atoms with Crippen molar-refractivity contribution in [3.8, 4) is 22.7 Å². The zero-order valence-electron chi connectivity index (χ0n) is 23.2. The van der Waals surface area contributed by atoms with Crippen molar-refractivity contribution < 1.29 is 9.53 Å². The zero-order chi connectivity index (χ0) is 28.8. The van der Waals surface area contributed by atoms with E-state index in [1.807, 2.05) is 59.0 Å².